The number of nitro groups is 1. The van der Waals surface area contributed by atoms with E-state index >= 15 is 0 Å². The zero-order chi connectivity index (χ0) is 14.7. The van der Waals surface area contributed by atoms with E-state index < -0.39 is 10.8 Å². The summed E-state index contributed by atoms with van der Waals surface area (Å²) in [5, 5.41) is 13.4. The third kappa shape index (κ3) is 3.31. The Morgan fingerprint density at radius 1 is 1.35 bits per heavy atom. The highest BCUT2D eigenvalue weighted by Gasteiger charge is 2.16. The predicted molar refractivity (Wildman–Crippen MR) is 78.0 cm³/mol. The van der Waals surface area contributed by atoms with Crippen LogP contribution in [-0.4, -0.2) is 15.8 Å². The van der Waals surface area contributed by atoms with Gasteiger partial charge in [0.15, 0.2) is 0 Å². The quantitative estimate of drug-likeness (QED) is 0.516. The summed E-state index contributed by atoms with van der Waals surface area (Å²) in [6.07, 6.45) is 1.45. The predicted octanol–water partition coefficient (Wildman–Crippen LogP) is 3.66. The summed E-state index contributed by atoms with van der Waals surface area (Å²) in [5.41, 5.74) is 0.290. The van der Waals surface area contributed by atoms with Gasteiger partial charge in [-0.2, -0.15) is 0 Å². The van der Waals surface area contributed by atoms with Crippen molar-refractivity contribution in [3.63, 3.8) is 0 Å². The van der Waals surface area contributed by atoms with Crippen LogP contribution < -0.4 is 5.32 Å². The molecule has 1 heterocycles. The number of benzene rings is 1. The summed E-state index contributed by atoms with van der Waals surface area (Å²) in [5.74, 6) is -0.539. The second kappa shape index (κ2) is 5.98. The summed E-state index contributed by atoms with van der Waals surface area (Å²) in [6.45, 7) is 0. The third-order valence-corrected chi connectivity index (χ3v) is 3.19. The first kappa shape index (κ1) is 14.4. The Morgan fingerprint density at radius 2 is 2.10 bits per heavy atom. The minimum atomic E-state index is -0.589. The second-order valence-corrected chi connectivity index (χ2v) is 4.96. The SMILES string of the molecule is O=C(Nc1ccc(Br)nc1)c1cc([N+](=O)[O-])ccc1Cl. The summed E-state index contributed by atoms with van der Waals surface area (Å²) < 4.78 is 0.629. The standard InChI is InChI=1S/C12H7BrClN3O3/c13-11-4-1-7(6-15-11)16-12(18)9-5-8(17(19)20)2-3-10(9)14/h1-6H,(H,16,18). The lowest BCUT2D eigenvalue weighted by atomic mass is 10.2. The zero-order valence-electron chi connectivity index (χ0n) is 9.84. The van der Waals surface area contributed by atoms with Crippen molar-refractivity contribution in [3.8, 4) is 0 Å². The number of anilines is 1. The van der Waals surface area contributed by atoms with E-state index in [4.69, 9.17) is 11.6 Å². The van der Waals surface area contributed by atoms with Gasteiger partial charge in [0.05, 0.1) is 27.4 Å². The van der Waals surface area contributed by atoms with Gasteiger partial charge in [0.2, 0.25) is 0 Å². The van der Waals surface area contributed by atoms with Gasteiger partial charge in [0, 0.05) is 12.1 Å². The smallest absolute Gasteiger partial charge is 0.270 e. The largest absolute Gasteiger partial charge is 0.321 e. The Morgan fingerprint density at radius 3 is 2.70 bits per heavy atom. The van der Waals surface area contributed by atoms with Crippen molar-refractivity contribution in [2.75, 3.05) is 5.32 Å². The molecular weight excluding hydrogens is 350 g/mol. The van der Waals surface area contributed by atoms with E-state index in [9.17, 15) is 14.9 Å². The van der Waals surface area contributed by atoms with Gasteiger partial charge in [0.25, 0.3) is 11.6 Å². The lowest BCUT2D eigenvalue weighted by molar-refractivity contribution is -0.384. The maximum Gasteiger partial charge on any atom is 0.270 e. The number of nitrogens with one attached hydrogen (secondary N) is 1. The van der Waals surface area contributed by atoms with Crippen molar-refractivity contribution in [1.82, 2.24) is 4.98 Å². The Labute approximate surface area is 127 Å². The molecule has 0 atom stereocenters. The average Bonchev–Trinajstić information content (AvgIpc) is 2.41. The number of rotatable bonds is 3. The van der Waals surface area contributed by atoms with Crippen LogP contribution >= 0.6 is 27.5 Å². The van der Waals surface area contributed by atoms with Crippen molar-refractivity contribution in [2.24, 2.45) is 0 Å². The Balaban J connectivity index is 2.26. The van der Waals surface area contributed by atoms with Gasteiger partial charge in [-0.25, -0.2) is 4.98 Å². The molecule has 6 nitrogen and oxygen atoms in total. The van der Waals surface area contributed by atoms with Gasteiger partial charge < -0.3 is 5.32 Å². The molecule has 2 rings (SSSR count). The number of nitrogens with zero attached hydrogens (tertiary/aromatic N) is 2. The zero-order valence-corrected chi connectivity index (χ0v) is 12.2. The van der Waals surface area contributed by atoms with E-state index in [0.717, 1.165) is 6.07 Å². The number of carbonyl (C=O) groups is 1. The first-order valence-corrected chi connectivity index (χ1v) is 6.51. The number of halogens is 2. The van der Waals surface area contributed by atoms with E-state index in [0.29, 0.717) is 10.3 Å². The van der Waals surface area contributed by atoms with Crippen LogP contribution in [0, 0.1) is 10.1 Å². The van der Waals surface area contributed by atoms with E-state index in [1.165, 1.54) is 18.3 Å². The Bertz CT molecular complexity index is 676. The summed E-state index contributed by atoms with van der Waals surface area (Å²) in [7, 11) is 0. The van der Waals surface area contributed by atoms with Gasteiger partial charge in [-0.1, -0.05) is 11.6 Å². The first-order chi connectivity index (χ1) is 9.47. The summed E-state index contributed by atoms with van der Waals surface area (Å²) in [4.78, 5) is 26.1. The van der Waals surface area contributed by atoms with Crippen molar-refractivity contribution in [2.45, 2.75) is 0 Å². The van der Waals surface area contributed by atoms with Crippen molar-refractivity contribution >= 4 is 44.8 Å². The Kier molecular flexibility index (Phi) is 4.31. The van der Waals surface area contributed by atoms with Crippen LogP contribution in [0.5, 0.6) is 0 Å². The van der Waals surface area contributed by atoms with Crippen LogP contribution in [-0.2, 0) is 0 Å². The molecule has 8 heteroatoms. The molecule has 0 fully saturated rings. The number of hydrogen-bond acceptors (Lipinski definition) is 4. The molecule has 1 aromatic carbocycles. The highest BCUT2D eigenvalue weighted by Crippen LogP contribution is 2.23. The highest BCUT2D eigenvalue weighted by atomic mass is 79.9. The van der Waals surface area contributed by atoms with Crippen molar-refractivity contribution in [3.05, 3.63) is 61.8 Å². The van der Waals surface area contributed by atoms with Crippen LogP contribution in [0.2, 0.25) is 5.02 Å². The maximum atomic E-state index is 12.0. The van der Waals surface area contributed by atoms with Crippen LogP contribution in [0.15, 0.2) is 41.1 Å². The molecule has 0 unspecified atom stereocenters. The lowest BCUT2D eigenvalue weighted by Gasteiger charge is -2.06. The molecule has 20 heavy (non-hydrogen) atoms. The third-order valence-electron chi connectivity index (χ3n) is 2.39. The molecule has 0 bridgehead atoms. The molecule has 0 aliphatic rings. The van der Waals surface area contributed by atoms with Crippen LogP contribution in [0.25, 0.3) is 0 Å². The number of carbonyl (C=O) groups excluding carboxylic acids is 1. The van der Waals surface area contributed by atoms with E-state index in [1.807, 2.05) is 0 Å². The number of pyridine rings is 1. The lowest BCUT2D eigenvalue weighted by Crippen LogP contribution is -2.13. The highest BCUT2D eigenvalue weighted by molar-refractivity contribution is 9.10. The monoisotopic (exact) mass is 355 g/mol. The van der Waals surface area contributed by atoms with Gasteiger partial charge >= 0.3 is 0 Å². The average molecular weight is 357 g/mol. The molecule has 0 saturated carbocycles. The van der Waals surface area contributed by atoms with E-state index in [2.05, 4.69) is 26.2 Å². The fourth-order valence-electron chi connectivity index (χ4n) is 1.45. The van der Waals surface area contributed by atoms with Gasteiger partial charge in [-0.05, 0) is 34.1 Å². The number of amides is 1. The number of aromatic nitrogens is 1. The first-order valence-electron chi connectivity index (χ1n) is 5.34. The molecule has 2 aromatic rings. The molecule has 1 amide bonds. The summed E-state index contributed by atoms with van der Waals surface area (Å²) in [6, 6.07) is 6.98. The fourth-order valence-corrected chi connectivity index (χ4v) is 1.89. The second-order valence-electron chi connectivity index (χ2n) is 3.74. The number of nitro benzene ring substituents is 1. The fraction of sp³-hybridized carbons (Fsp3) is 0. The molecule has 1 N–H and O–H groups in total. The molecule has 0 aliphatic carbocycles. The molecule has 0 radical (unpaired) electrons. The number of non-ortho nitro benzene ring substituents is 1. The van der Waals surface area contributed by atoms with Crippen molar-refractivity contribution in [1.29, 1.82) is 0 Å². The number of hydrogen-bond donors (Lipinski definition) is 1. The van der Waals surface area contributed by atoms with Gasteiger partial charge in [0.1, 0.15) is 4.60 Å². The Hall–Kier alpha value is -1.99. The molecule has 0 aliphatic heterocycles. The van der Waals surface area contributed by atoms with Gasteiger partial charge in [-0.3, -0.25) is 14.9 Å². The minimum Gasteiger partial charge on any atom is -0.321 e. The van der Waals surface area contributed by atoms with Gasteiger partial charge in [-0.15, -0.1) is 0 Å². The van der Waals surface area contributed by atoms with Crippen molar-refractivity contribution < 1.29 is 9.72 Å². The molecule has 102 valence electrons. The molecule has 1 aromatic heterocycles. The van der Waals surface area contributed by atoms with Crippen LogP contribution in [0.4, 0.5) is 11.4 Å². The maximum absolute atomic E-state index is 12.0. The summed E-state index contributed by atoms with van der Waals surface area (Å²) >= 11 is 9.05. The minimum absolute atomic E-state index is 0.0313. The molecule has 0 saturated heterocycles. The normalized spacial score (nSPS) is 10.1. The topological polar surface area (TPSA) is 85.1 Å². The molecule has 0 spiro atoms. The van der Waals surface area contributed by atoms with Crippen LogP contribution in [0.3, 0.4) is 0 Å². The van der Waals surface area contributed by atoms with Crippen LogP contribution in [0.1, 0.15) is 10.4 Å². The molecular formula is C12H7BrClN3O3. The van der Waals surface area contributed by atoms with E-state index in [-0.39, 0.29) is 16.3 Å². The van der Waals surface area contributed by atoms with E-state index in [1.54, 1.807) is 12.1 Å².